The summed E-state index contributed by atoms with van der Waals surface area (Å²) in [6, 6.07) is -0.871. The van der Waals surface area contributed by atoms with Crippen LogP contribution in [0, 0.1) is 0 Å². The molecule has 0 saturated heterocycles. The van der Waals surface area contributed by atoms with Gasteiger partial charge in [0, 0.05) is 0 Å². The van der Waals surface area contributed by atoms with E-state index in [0.717, 1.165) is 0 Å². The summed E-state index contributed by atoms with van der Waals surface area (Å²) in [5.41, 5.74) is 5.08. The third-order valence-electron chi connectivity index (χ3n) is 2.72. The predicted molar refractivity (Wildman–Crippen MR) is 82.6 cm³/mol. The first kappa shape index (κ1) is 21.3. The zero-order chi connectivity index (χ0) is 18.5. The second-order valence-electron chi connectivity index (χ2n) is 4.78. The summed E-state index contributed by atoms with van der Waals surface area (Å²) in [6.07, 6.45) is 0.928. The van der Waals surface area contributed by atoms with Crippen LogP contribution in [0.15, 0.2) is 0 Å². The average molecular weight is 345 g/mol. The number of carboxylic acids is 1. The fraction of sp³-hybridized carbons (Fsp3) is 0.615. The van der Waals surface area contributed by atoms with Crippen molar-refractivity contribution in [2.45, 2.75) is 25.8 Å². The van der Waals surface area contributed by atoms with Gasteiger partial charge in [0.15, 0.2) is 0 Å². The molecule has 0 rings (SSSR count). The van der Waals surface area contributed by atoms with Crippen molar-refractivity contribution >= 4 is 29.6 Å². The molecule has 0 fully saturated rings. The van der Waals surface area contributed by atoms with Gasteiger partial charge in [-0.25, -0.2) is 0 Å². The molecule has 7 N–H and O–H groups in total. The molecule has 0 aliphatic heterocycles. The quantitative estimate of drug-likeness (QED) is 0.226. The highest BCUT2D eigenvalue weighted by Crippen LogP contribution is 1.96. The van der Waals surface area contributed by atoms with Crippen molar-refractivity contribution in [3.05, 3.63) is 0 Å². The van der Waals surface area contributed by atoms with Crippen LogP contribution in [0.3, 0.4) is 0 Å². The number of carbonyl (C=O) groups excluding carboxylic acids is 4. The van der Waals surface area contributed by atoms with Gasteiger partial charge in [0.05, 0.1) is 19.6 Å². The Morgan fingerprint density at radius 1 is 0.917 bits per heavy atom. The van der Waals surface area contributed by atoms with Crippen molar-refractivity contribution in [3.63, 3.8) is 0 Å². The topological polar surface area (TPSA) is 180 Å². The number of carboxylic acid groups (broad SMARTS) is 1. The van der Waals surface area contributed by atoms with E-state index in [1.54, 1.807) is 0 Å². The minimum Gasteiger partial charge on any atom is -0.480 e. The Morgan fingerprint density at radius 2 is 1.50 bits per heavy atom. The molecule has 4 amide bonds. The fourth-order valence-corrected chi connectivity index (χ4v) is 1.58. The van der Waals surface area contributed by atoms with Gasteiger partial charge in [0.25, 0.3) is 0 Å². The lowest BCUT2D eigenvalue weighted by Gasteiger charge is -2.18. The van der Waals surface area contributed by atoms with Gasteiger partial charge in [-0.2, -0.15) is 0 Å². The summed E-state index contributed by atoms with van der Waals surface area (Å²) in [5.74, 6) is -3.52. The van der Waals surface area contributed by atoms with Crippen molar-refractivity contribution in [1.82, 2.24) is 21.3 Å². The molecule has 0 radical (unpaired) electrons. The lowest BCUT2D eigenvalue weighted by atomic mass is 10.1. The maximum absolute atomic E-state index is 12.0. The smallest absolute Gasteiger partial charge is 0.322 e. The highest BCUT2D eigenvalue weighted by molar-refractivity contribution is 5.92. The zero-order valence-electron chi connectivity index (χ0n) is 13.4. The maximum Gasteiger partial charge on any atom is 0.322 e. The molecule has 11 nitrogen and oxygen atoms in total. The molecule has 1 unspecified atom stereocenters. The second kappa shape index (κ2) is 11.8. The second-order valence-corrected chi connectivity index (χ2v) is 4.78. The van der Waals surface area contributed by atoms with Crippen molar-refractivity contribution in [1.29, 1.82) is 0 Å². The van der Waals surface area contributed by atoms with Crippen LogP contribution in [0.2, 0.25) is 0 Å². The SMILES string of the molecule is CCCC(NC(=O)CNC(=O)CN)C(=O)NCC(=O)NCC(=O)O. The van der Waals surface area contributed by atoms with Crippen LogP contribution in [0.25, 0.3) is 0 Å². The monoisotopic (exact) mass is 345 g/mol. The Kier molecular flexibility index (Phi) is 10.5. The Hall–Kier alpha value is -2.69. The van der Waals surface area contributed by atoms with Gasteiger partial charge >= 0.3 is 5.97 Å². The van der Waals surface area contributed by atoms with Crippen LogP contribution in [0.5, 0.6) is 0 Å². The first-order valence-electron chi connectivity index (χ1n) is 7.32. The predicted octanol–water partition coefficient (Wildman–Crippen LogP) is -3.34. The van der Waals surface area contributed by atoms with Crippen LogP contribution in [0.1, 0.15) is 19.8 Å². The number of amides is 4. The van der Waals surface area contributed by atoms with Crippen molar-refractivity contribution in [2.24, 2.45) is 5.73 Å². The van der Waals surface area contributed by atoms with E-state index in [1.165, 1.54) is 0 Å². The summed E-state index contributed by atoms with van der Waals surface area (Å²) in [7, 11) is 0. The van der Waals surface area contributed by atoms with Gasteiger partial charge < -0.3 is 32.1 Å². The minimum atomic E-state index is -1.20. The normalized spacial score (nSPS) is 11.1. The van der Waals surface area contributed by atoms with E-state index in [-0.39, 0.29) is 13.1 Å². The van der Waals surface area contributed by atoms with Crippen molar-refractivity contribution < 1.29 is 29.1 Å². The molecular weight excluding hydrogens is 322 g/mol. The van der Waals surface area contributed by atoms with Crippen LogP contribution in [-0.2, 0) is 24.0 Å². The summed E-state index contributed by atoms with van der Waals surface area (Å²) < 4.78 is 0. The molecule has 136 valence electrons. The van der Waals surface area contributed by atoms with Gasteiger partial charge in [-0.1, -0.05) is 13.3 Å². The molecule has 0 aromatic carbocycles. The largest absolute Gasteiger partial charge is 0.480 e. The average Bonchev–Trinajstić information content (AvgIpc) is 2.55. The molecular formula is C13H23N5O6. The molecule has 0 aromatic heterocycles. The molecule has 11 heteroatoms. The first-order chi connectivity index (χ1) is 11.3. The molecule has 24 heavy (non-hydrogen) atoms. The summed E-state index contributed by atoms with van der Waals surface area (Å²) in [6.45, 7) is 0.277. The Morgan fingerprint density at radius 3 is 2.04 bits per heavy atom. The number of hydrogen-bond donors (Lipinski definition) is 6. The Balaban J connectivity index is 4.34. The van der Waals surface area contributed by atoms with Gasteiger partial charge in [-0.05, 0) is 6.42 Å². The van der Waals surface area contributed by atoms with Gasteiger partial charge in [0.2, 0.25) is 23.6 Å². The van der Waals surface area contributed by atoms with Gasteiger partial charge in [-0.3, -0.25) is 24.0 Å². The molecule has 0 bridgehead atoms. The number of nitrogens with one attached hydrogen (secondary N) is 4. The number of hydrogen-bond acceptors (Lipinski definition) is 6. The van der Waals surface area contributed by atoms with Crippen molar-refractivity contribution in [3.8, 4) is 0 Å². The lowest BCUT2D eigenvalue weighted by Crippen LogP contribution is -2.51. The Bertz CT molecular complexity index is 481. The first-order valence-corrected chi connectivity index (χ1v) is 7.32. The minimum absolute atomic E-state index is 0.252. The van der Waals surface area contributed by atoms with E-state index < -0.39 is 48.7 Å². The van der Waals surface area contributed by atoms with E-state index >= 15 is 0 Å². The van der Waals surface area contributed by atoms with E-state index in [1.807, 2.05) is 6.92 Å². The summed E-state index contributed by atoms with van der Waals surface area (Å²) in [5, 5.41) is 17.5. The number of aliphatic carboxylic acids is 1. The third-order valence-corrected chi connectivity index (χ3v) is 2.72. The third kappa shape index (κ3) is 10.1. The summed E-state index contributed by atoms with van der Waals surface area (Å²) in [4.78, 5) is 56.3. The van der Waals surface area contributed by atoms with Crippen LogP contribution in [-0.4, -0.2) is 66.9 Å². The molecule has 0 aromatic rings. The zero-order valence-corrected chi connectivity index (χ0v) is 13.4. The maximum atomic E-state index is 12.0. The highest BCUT2D eigenvalue weighted by Gasteiger charge is 2.20. The summed E-state index contributed by atoms with van der Waals surface area (Å²) >= 11 is 0. The molecule has 0 spiro atoms. The van der Waals surface area contributed by atoms with Gasteiger partial charge in [-0.15, -0.1) is 0 Å². The molecule has 0 aliphatic carbocycles. The molecule has 0 aliphatic rings. The number of carbonyl (C=O) groups is 5. The van der Waals surface area contributed by atoms with E-state index in [2.05, 4.69) is 21.3 Å². The molecule has 0 heterocycles. The van der Waals surface area contributed by atoms with Crippen molar-refractivity contribution in [2.75, 3.05) is 26.2 Å². The molecule has 1 atom stereocenters. The Labute approximate surface area is 138 Å². The molecule has 0 saturated carbocycles. The van der Waals surface area contributed by atoms with E-state index in [4.69, 9.17) is 10.8 Å². The standard InChI is InChI=1S/C13H23N5O6/c1-2-3-8(18-11(21)6-15-9(19)4-14)13(24)17-5-10(20)16-7-12(22)23/h8H,2-7,14H2,1H3,(H,15,19)(H,16,20)(H,17,24)(H,18,21)(H,22,23). The van der Waals surface area contributed by atoms with Crippen LogP contribution >= 0.6 is 0 Å². The number of rotatable bonds is 11. The van der Waals surface area contributed by atoms with Gasteiger partial charge in [0.1, 0.15) is 12.6 Å². The fourth-order valence-electron chi connectivity index (χ4n) is 1.58. The van der Waals surface area contributed by atoms with Crippen LogP contribution in [0.4, 0.5) is 0 Å². The number of nitrogens with two attached hydrogens (primary N) is 1. The lowest BCUT2D eigenvalue weighted by molar-refractivity contribution is -0.138. The van der Waals surface area contributed by atoms with E-state index in [9.17, 15) is 24.0 Å². The van der Waals surface area contributed by atoms with Crippen LogP contribution < -0.4 is 27.0 Å². The highest BCUT2D eigenvalue weighted by atomic mass is 16.4. The van der Waals surface area contributed by atoms with E-state index in [0.29, 0.717) is 12.8 Å².